The second kappa shape index (κ2) is 2.59. The third-order valence-electron chi connectivity index (χ3n) is 3.07. The minimum atomic E-state index is -0.962. The second-order valence-electron chi connectivity index (χ2n) is 3.96. The fourth-order valence-corrected chi connectivity index (χ4v) is 2.10. The lowest BCUT2D eigenvalue weighted by molar-refractivity contribution is -0.142. The number of aliphatic carboxylic acids is 1. The molecule has 0 aromatic rings. The summed E-state index contributed by atoms with van der Waals surface area (Å²) < 4.78 is 0. The van der Waals surface area contributed by atoms with E-state index in [0.717, 1.165) is 0 Å². The van der Waals surface area contributed by atoms with E-state index in [9.17, 15) is 4.79 Å². The van der Waals surface area contributed by atoms with Gasteiger partial charge in [-0.2, -0.15) is 5.26 Å². The first kappa shape index (κ1) is 9.79. The molecule has 0 bridgehead atoms. The monoisotopic (exact) mass is 179 g/mol. The third kappa shape index (κ3) is 0.918. The van der Waals surface area contributed by atoms with Crippen LogP contribution in [-0.4, -0.2) is 11.1 Å². The van der Waals surface area contributed by atoms with E-state index in [1.807, 2.05) is 13.8 Å². The first-order valence-corrected chi connectivity index (χ1v) is 4.22. The van der Waals surface area contributed by atoms with E-state index in [2.05, 4.69) is 6.07 Å². The molecule has 0 aromatic heterocycles. The van der Waals surface area contributed by atoms with Gasteiger partial charge < -0.3 is 5.11 Å². The molecule has 70 valence electrons. The zero-order chi connectivity index (χ0) is 10.3. The van der Waals surface area contributed by atoms with Crippen LogP contribution >= 0.6 is 0 Å². The maximum absolute atomic E-state index is 11.1. The standard InChI is InChI=1S/C10H13NO2/c1-4-5-10(8(12)13)7(6-11)9(10,2)3/h4-5,7H,1-3H3,(H,12,13). The average Bonchev–Trinajstić information content (AvgIpc) is 2.49. The molecule has 2 unspecified atom stereocenters. The van der Waals surface area contributed by atoms with Crippen molar-refractivity contribution in [3.8, 4) is 6.07 Å². The molecule has 0 radical (unpaired) electrons. The molecular formula is C10H13NO2. The van der Waals surface area contributed by atoms with Crippen LogP contribution < -0.4 is 0 Å². The number of allylic oxidation sites excluding steroid dienone is 1. The van der Waals surface area contributed by atoms with Crippen LogP contribution in [0.4, 0.5) is 0 Å². The molecule has 1 rings (SSSR count). The Morgan fingerprint density at radius 3 is 2.38 bits per heavy atom. The Morgan fingerprint density at radius 2 is 2.15 bits per heavy atom. The van der Waals surface area contributed by atoms with E-state index in [-0.39, 0.29) is 0 Å². The molecule has 13 heavy (non-hydrogen) atoms. The highest BCUT2D eigenvalue weighted by Gasteiger charge is 2.75. The van der Waals surface area contributed by atoms with E-state index >= 15 is 0 Å². The highest BCUT2D eigenvalue weighted by molar-refractivity contribution is 5.84. The van der Waals surface area contributed by atoms with Crippen molar-refractivity contribution in [2.75, 3.05) is 0 Å². The molecule has 0 saturated heterocycles. The highest BCUT2D eigenvalue weighted by atomic mass is 16.4. The summed E-state index contributed by atoms with van der Waals surface area (Å²) in [6, 6.07) is 2.05. The van der Waals surface area contributed by atoms with Crippen LogP contribution in [0.3, 0.4) is 0 Å². The normalized spacial score (nSPS) is 35.7. The summed E-state index contributed by atoms with van der Waals surface area (Å²) in [5.74, 6) is -1.31. The number of hydrogen-bond donors (Lipinski definition) is 1. The number of rotatable bonds is 2. The lowest BCUT2D eigenvalue weighted by atomic mass is 9.95. The van der Waals surface area contributed by atoms with Crippen LogP contribution in [0.2, 0.25) is 0 Å². The van der Waals surface area contributed by atoms with Crippen molar-refractivity contribution in [2.24, 2.45) is 16.7 Å². The Morgan fingerprint density at radius 1 is 1.62 bits per heavy atom. The van der Waals surface area contributed by atoms with E-state index in [0.29, 0.717) is 0 Å². The van der Waals surface area contributed by atoms with Gasteiger partial charge in [-0.25, -0.2) is 0 Å². The van der Waals surface area contributed by atoms with Crippen LogP contribution in [0.25, 0.3) is 0 Å². The lowest BCUT2D eigenvalue weighted by Crippen LogP contribution is -2.18. The van der Waals surface area contributed by atoms with E-state index in [1.165, 1.54) is 0 Å². The van der Waals surface area contributed by atoms with E-state index in [1.54, 1.807) is 19.1 Å². The molecule has 1 fully saturated rings. The van der Waals surface area contributed by atoms with Gasteiger partial charge in [0.05, 0.1) is 12.0 Å². The van der Waals surface area contributed by atoms with Crippen LogP contribution in [-0.2, 0) is 4.79 Å². The van der Waals surface area contributed by atoms with Gasteiger partial charge in [-0.1, -0.05) is 26.0 Å². The van der Waals surface area contributed by atoms with Crippen molar-refractivity contribution >= 4 is 5.97 Å². The lowest BCUT2D eigenvalue weighted by Gasteiger charge is -2.08. The Hall–Kier alpha value is -1.30. The van der Waals surface area contributed by atoms with Gasteiger partial charge in [0.2, 0.25) is 0 Å². The first-order valence-electron chi connectivity index (χ1n) is 4.22. The van der Waals surface area contributed by atoms with Gasteiger partial charge >= 0.3 is 5.97 Å². The fourth-order valence-electron chi connectivity index (χ4n) is 2.10. The predicted octanol–water partition coefficient (Wildman–Crippen LogP) is 1.81. The molecule has 1 aliphatic carbocycles. The summed E-state index contributed by atoms with van der Waals surface area (Å²) in [6.07, 6.45) is 3.33. The average molecular weight is 179 g/mol. The highest BCUT2D eigenvalue weighted by Crippen LogP contribution is 2.69. The summed E-state index contributed by atoms with van der Waals surface area (Å²) in [6.45, 7) is 5.40. The predicted molar refractivity (Wildman–Crippen MR) is 47.8 cm³/mol. The number of hydrogen-bond acceptors (Lipinski definition) is 2. The molecule has 2 atom stereocenters. The van der Waals surface area contributed by atoms with Gasteiger partial charge in [0.1, 0.15) is 5.41 Å². The maximum atomic E-state index is 11.1. The molecule has 0 spiro atoms. The minimum absolute atomic E-state index is 0.409. The molecule has 0 heterocycles. The molecule has 0 amide bonds. The van der Waals surface area contributed by atoms with Crippen LogP contribution in [0.5, 0.6) is 0 Å². The first-order chi connectivity index (χ1) is 5.95. The number of nitrogens with zero attached hydrogens (tertiary/aromatic N) is 1. The third-order valence-corrected chi connectivity index (χ3v) is 3.07. The quantitative estimate of drug-likeness (QED) is 0.657. The summed E-state index contributed by atoms with van der Waals surface area (Å²) in [7, 11) is 0. The SMILES string of the molecule is CC=CC1(C(=O)O)C(C#N)C1(C)C. The van der Waals surface area contributed by atoms with Gasteiger partial charge in [-0.15, -0.1) is 0 Å². The Labute approximate surface area is 77.7 Å². The van der Waals surface area contributed by atoms with Crippen molar-refractivity contribution in [3.05, 3.63) is 12.2 Å². The zero-order valence-electron chi connectivity index (χ0n) is 8.03. The smallest absolute Gasteiger partial charge is 0.315 e. The van der Waals surface area contributed by atoms with Gasteiger partial charge in [0.15, 0.2) is 0 Å². The number of nitriles is 1. The van der Waals surface area contributed by atoms with Crippen LogP contribution in [0.15, 0.2) is 12.2 Å². The number of carboxylic acid groups (broad SMARTS) is 1. The Balaban J connectivity index is 3.13. The van der Waals surface area contributed by atoms with E-state index < -0.39 is 22.7 Å². The zero-order valence-corrected chi connectivity index (χ0v) is 8.03. The van der Waals surface area contributed by atoms with Crippen molar-refractivity contribution < 1.29 is 9.90 Å². The van der Waals surface area contributed by atoms with Crippen molar-refractivity contribution in [2.45, 2.75) is 20.8 Å². The van der Waals surface area contributed by atoms with Crippen molar-refractivity contribution in [1.29, 1.82) is 5.26 Å². The van der Waals surface area contributed by atoms with Crippen molar-refractivity contribution in [3.63, 3.8) is 0 Å². The topological polar surface area (TPSA) is 61.1 Å². The minimum Gasteiger partial charge on any atom is -0.481 e. The molecule has 3 heteroatoms. The molecule has 3 nitrogen and oxygen atoms in total. The summed E-state index contributed by atoms with van der Waals surface area (Å²) in [4.78, 5) is 11.1. The molecule has 0 aliphatic heterocycles. The number of carboxylic acids is 1. The number of carbonyl (C=O) groups is 1. The van der Waals surface area contributed by atoms with Crippen LogP contribution in [0.1, 0.15) is 20.8 Å². The Kier molecular flexibility index (Phi) is 1.95. The Bertz CT molecular complexity index is 311. The summed E-state index contributed by atoms with van der Waals surface area (Å²) in [5.41, 5.74) is -1.41. The van der Waals surface area contributed by atoms with Crippen molar-refractivity contribution in [1.82, 2.24) is 0 Å². The molecule has 1 aliphatic rings. The largest absolute Gasteiger partial charge is 0.481 e. The molecule has 0 aromatic carbocycles. The maximum Gasteiger partial charge on any atom is 0.315 e. The van der Waals surface area contributed by atoms with Gasteiger partial charge in [-0.05, 0) is 6.92 Å². The molecule has 1 saturated carbocycles. The molecule has 1 N–H and O–H groups in total. The molecular weight excluding hydrogens is 166 g/mol. The van der Waals surface area contributed by atoms with Gasteiger partial charge in [0.25, 0.3) is 0 Å². The van der Waals surface area contributed by atoms with Gasteiger partial charge in [-0.3, -0.25) is 4.79 Å². The van der Waals surface area contributed by atoms with Crippen LogP contribution in [0, 0.1) is 28.1 Å². The van der Waals surface area contributed by atoms with Gasteiger partial charge in [0, 0.05) is 5.41 Å². The fraction of sp³-hybridized carbons (Fsp3) is 0.600. The summed E-state index contributed by atoms with van der Waals surface area (Å²) in [5, 5.41) is 17.9. The second-order valence-corrected chi connectivity index (χ2v) is 3.96. The summed E-state index contributed by atoms with van der Waals surface area (Å²) >= 11 is 0. The van der Waals surface area contributed by atoms with E-state index in [4.69, 9.17) is 10.4 Å².